The van der Waals surface area contributed by atoms with Crippen molar-refractivity contribution in [1.29, 1.82) is 0 Å². The Hall–Kier alpha value is -3.43. The quantitative estimate of drug-likeness (QED) is 0.200. The summed E-state index contributed by atoms with van der Waals surface area (Å²) in [5.74, 6) is 1.29. The molecule has 1 amide bonds. The first kappa shape index (κ1) is 25.5. The van der Waals surface area contributed by atoms with Crippen molar-refractivity contribution in [3.63, 3.8) is 0 Å². The summed E-state index contributed by atoms with van der Waals surface area (Å²) in [7, 11) is 4.34. The topological polar surface area (TPSA) is 23.6 Å². The molecule has 2 heterocycles. The third-order valence-corrected chi connectivity index (χ3v) is 10.3. The van der Waals surface area contributed by atoms with E-state index < -0.39 is 0 Å². The summed E-state index contributed by atoms with van der Waals surface area (Å²) < 4.78 is 0. The van der Waals surface area contributed by atoms with E-state index in [-0.39, 0.29) is 5.91 Å². The van der Waals surface area contributed by atoms with Crippen molar-refractivity contribution in [1.82, 2.24) is 9.80 Å². The van der Waals surface area contributed by atoms with Gasteiger partial charge in [-0.25, -0.2) is 0 Å². The van der Waals surface area contributed by atoms with Crippen LogP contribution in [-0.2, 0) is 11.2 Å². The molecule has 40 heavy (non-hydrogen) atoms. The lowest BCUT2D eigenvalue weighted by atomic mass is 9.75. The summed E-state index contributed by atoms with van der Waals surface area (Å²) in [5, 5.41) is 7.98. The maximum atomic E-state index is 13.4. The Kier molecular flexibility index (Phi) is 6.51. The molecule has 4 atom stereocenters. The van der Waals surface area contributed by atoms with Crippen molar-refractivity contribution < 1.29 is 4.79 Å². The van der Waals surface area contributed by atoms with Crippen LogP contribution in [0.1, 0.15) is 54.7 Å². The smallest absolute Gasteiger partial charge is 0.222 e. The molecule has 2 aliphatic rings. The summed E-state index contributed by atoms with van der Waals surface area (Å²) in [6.45, 7) is 3.01. The number of nitrogens with zero attached hydrogens (tertiary/aromatic N) is 2. The average molecular weight is 529 g/mol. The number of rotatable bonds is 7. The van der Waals surface area contributed by atoms with E-state index in [2.05, 4.69) is 97.7 Å². The summed E-state index contributed by atoms with van der Waals surface area (Å²) in [6, 6.07) is 30.5. The van der Waals surface area contributed by atoms with E-state index in [9.17, 15) is 4.79 Å². The highest BCUT2D eigenvalue weighted by molar-refractivity contribution is 6.23. The normalized spacial score (nSPS) is 23.0. The lowest BCUT2D eigenvalue weighted by molar-refractivity contribution is -0.131. The Morgan fingerprint density at radius 3 is 2.35 bits per heavy atom. The Balaban J connectivity index is 1.05. The number of carbonyl (C=O) groups excluding carboxylic acids is 1. The van der Waals surface area contributed by atoms with Crippen LogP contribution in [-0.4, -0.2) is 48.4 Å². The molecule has 0 aromatic heterocycles. The molecule has 204 valence electrons. The van der Waals surface area contributed by atoms with Gasteiger partial charge in [-0.15, -0.1) is 0 Å². The zero-order valence-corrected chi connectivity index (χ0v) is 24.1. The van der Waals surface area contributed by atoms with Crippen molar-refractivity contribution in [2.24, 2.45) is 5.92 Å². The van der Waals surface area contributed by atoms with Gasteiger partial charge in [-0.3, -0.25) is 4.79 Å². The summed E-state index contributed by atoms with van der Waals surface area (Å²) in [4.78, 5) is 18.1. The van der Waals surface area contributed by atoms with E-state index in [1.807, 2.05) is 11.9 Å². The number of fused-ring (bicyclic) bond motifs is 2. The zero-order valence-electron chi connectivity index (χ0n) is 24.1. The van der Waals surface area contributed by atoms with Crippen LogP contribution in [0.3, 0.4) is 0 Å². The van der Waals surface area contributed by atoms with Gasteiger partial charge in [0, 0.05) is 32.1 Å². The number of amides is 1. The molecule has 0 saturated carbocycles. The Bertz CT molecular complexity index is 1660. The number of hydrogen-bond donors (Lipinski definition) is 0. The van der Waals surface area contributed by atoms with Gasteiger partial charge in [-0.2, -0.15) is 0 Å². The van der Waals surface area contributed by atoms with Crippen molar-refractivity contribution in [2.45, 2.75) is 63.5 Å². The van der Waals surface area contributed by atoms with E-state index in [1.54, 1.807) is 0 Å². The van der Waals surface area contributed by atoms with Gasteiger partial charge < -0.3 is 9.80 Å². The molecule has 5 aromatic carbocycles. The predicted octanol–water partition coefficient (Wildman–Crippen LogP) is 7.94. The molecule has 5 aromatic rings. The van der Waals surface area contributed by atoms with Crippen LogP contribution in [0.2, 0.25) is 0 Å². The number of carbonyl (C=O) groups is 1. The second-order valence-corrected chi connectivity index (χ2v) is 12.6. The van der Waals surface area contributed by atoms with Gasteiger partial charge >= 0.3 is 0 Å². The number of aryl methyl sites for hydroxylation is 2. The highest BCUT2D eigenvalue weighted by Crippen LogP contribution is 2.46. The van der Waals surface area contributed by atoms with Gasteiger partial charge in [0.25, 0.3) is 0 Å². The maximum Gasteiger partial charge on any atom is 0.222 e. The second kappa shape index (κ2) is 10.2. The Labute approximate surface area is 238 Å². The van der Waals surface area contributed by atoms with Crippen LogP contribution in [0.5, 0.6) is 0 Å². The minimum Gasteiger partial charge on any atom is -0.345 e. The molecule has 2 bridgehead atoms. The number of hydrogen-bond acceptors (Lipinski definition) is 2. The molecule has 0 N–H and O–H groups in total. The molecule has 0 aliphatic carbocycles. The fourth-order valence-electron chi connectivity index (χ4n) is 8.08. The Morgan fingerprint density at radius 2 is 1.57 bits per heavy atom. The van der Waals surface area contributed by atoms with Crippen molar-refractivity contribution in [3.05, 3.63) is 95.6 Å². The minimum atomic E-state index is 0.281. The molecule has 0 radical (unpaired) electrons. The van der Waals surface area contributed by atoms with Crippen LogP contribution >= 0.6 is 0 Å². The zero-order chi connectivity index (χ0) is 27.4. The summed E-state index contributed by atoms with van der Waals surface area (Å²) in [6.07, 6.45) is 6.16. The van der Waals surface area contributed by atoms with Gasteiger partial charge in [0.1, 0.15) is 0 Å². The minimum absolute atomic E-state index is 0.281. The molecular formula is C37H40N2O. The molecule has 3 nitrogen and oxygen atoms in total. The van der Waals surface area contributed by atoms with E-state index in [1.165, 1.54) is 68.3 Å². The van der Waals surface area contributed by atoms with Gasteiger partial charge in [0.2, 0.25) is 5.91 Å². The van der Waals surface area contributed by atoms with Crippen LogP contribution in [0.15, 0.2) is 78.9 Å². The first-order valence-corrected chi connectivity index (χ1v) is 15.2. The lowest BCUT2D eigenvalue weighted by Gasteiger charge is -2.44. The molecule has 2 aliphatic heterocycles. The number of piperidine rings is 1. The van der Waals surface area contributed by atoms with Crippen LogP contribution in [0, 0.1) is 12.8 Å². The van der Waals surface area contributed by atoms with E-state index >= 15 is 0 Å². The monoisotopic (exact) mass is 528 g/mol. The first-order valence-electron chi connectivity index (χ1n) is 15.2. The third-order valence-electron chi connectivity index (χ3n) is 10.3. The maximum absolute atomic E-state index is 13.4. The van der Waals surface area contributed by atoms with E-state index in [4.69, 9.17) is 0 Å². The predicted molar refractivity (Wildman–Crippen MR) is 167 cm³/mol. The molecule has 2 fully saturated rings. The molecule has 7 rings (SSSR count). The average Bonchev–Trinajstić information content (AvgIpc) is 3.22. The fraction of sp³-hybridized carbons (Fsp3) is 0.378. The van der Waals surface area contributed by atoms with Gasteiger partial charge in [-0.05, 0) is 101 Å². The van der Waals surface area contributed by atoms with Crippen LogP contribution in [0.25, 0.3) is 32.3 Å². The lowest BCUT2D eigenvalue weighted by Crippen LogP contribution is -2.50. The summed E-state index contributed by atoms with van der Waals surface area (Å²) in [5.41, 5.74) is 4.12. The summed E-state index contributed by atoms with van der Waals surface area (Å²) >= 11 is 0. The van der Waals surface area contributed by atoms with Crippen LogP contribution < -0.4 is 0 Å². The van der Waals surface area contributed by atoms with Crippen molar-refractivity contribution in [2.75, 3.05) is 20.6 Å². The van der Waals surface area contributed by atoms with E-state index in [0.717, 1.165) is 19.4 Å². The van der Waals surface area contributed by atoms with Gasteiger partial charge in [0.15, 0.2) is 0 Å². The molecule has 0 spiro atoms. The first-order chi connectivity index (χ1) is 19.5. The van der Waals surface area contributed by atoms with Crippen molar-refractivity contribution >= 4 is 38.2 Å². The molecular weight excluding hydrogens is 488 g/mol. The Morgan fingerprint density at radius 1 is 0.875 bits per heavy atom. The molecule has 3 heteroatoms. The molecule has 2 saturated heterocycles. The fourth-order valence-corrected chi connectivity index (χ4v) is 8.08. The van der Waals surface area contributed by atoms with Crippen LogP contribution in [0.4, 0.5) is 0 Å². The second-order valence-electron chi connectivity index (χ2n) is 12.6. The largest absolute Gasteiger partial charge is 0.345 e. The highest BCUT2D eigenvalue weighted by Gasteiger charge is 2.46. The SMILES string of the molecule is Cc1ccc([C@H]2C[C@H]3CCC(C2CN(C)C(=O)CCCc2ccc4ccc5cccc6ccc2c4c56)N3C)cc1. The highest BCUT2D eigenvalue weighted by atomic mass is 16.2. The van der Waals surface area contributed by atoms with Crippen molar-refractivity contribution in [3.8, 4) is 0 Å². The standard InChI is InChI=1S/C37H40N2O/c1-24-10-12-26(13-11-24)32-22-30-19-21-34(39(30)3)33(32)23-38(2)35(40)9-5-6-25-14-15-29-17-16-27-7-4-8-28-18-20-31(25)37(29)36(27)28/h4,7-8,10-18,20,30,32-34H,5-6,9,19,21-23H2,1-3H3/t30-,32-,33?,34?/m1/s1. The van der Waals surface area contributed by atoms with E-state index in [0.29, 0.717) is 30.3 Å². The third kappa shape index (κ3) is 4.36. The van der Waals surface area contributed by atoms with Gasteiger partial charge in [-0.1, -0.05) is 84.4 Å². The van der Waals surface area contributed by atoms with Gasteiger partial charge in [0.05, 0.1) is 0 Å². The number of benzene rings is 5. The molecule has 2 unspecified atom stereocenters.